The van der Waals surface area contributed by atoms with Crippen LogP contribution in [0.25, 0.3) is 11.1 Å². The molecule has 8 aromatic rings. The molecule has 1 amide bonds. The maximum atomic E-state index is 14.6. The highest BCUT2D eigenvalue weighted by atomic mass is 32.2. The first-order valence-electron chi connectivity index (χ1n) is 29.8. The molecule has 0 N–H and O–H groups in total. The normalized spacial score (nSPS) is 20.0. The lowest BCUT2D eigenvalue weighted by Gasteiger charge is -2.48. The quantitative estimate of drug-likeness (QED) is 0.0220. The van der Waals surface area contributed by atoms with Crippen LogP contribution in [-0.4, -0.2) is 72.0 Å². The van der Waals surface area contributed by atoms with Gasteiger partial charge in [-0.15, -0.1) is 0 Å². The van der Waals surface area contributed by atoms with E-state index in [1.807, 2.05) is 175 Å². The van der Waals surface area contributed by atoms with Crippen molar-refractivity contribution in [2.45, 2.75) is 121 Å². The molecule has 2 saturated heterocycles. The Bertz CT molecular complexity index is 3660. The number of nitrogens with zero attached hydrogens (tertiary/aromatic N) is 1. The molecule has 2 heterocycles. The number of methoxy groups -OCH3 is 1. The predicted molar refractivity (Wildman–Crippen MR) is 340 cm³/mol. The number of rotatable bonds is 26. The monoisotopic (exact) mass is 1230 g/mol. The fourth-order valence-corrected chi connectivity index (χ4v) is 13.5. The highest BCUT2D eigenvalue weighted by molar-refractivity contribution is 7.87. The second kappa shape index (κ2) is 28.6. The zero-order chi connectivity index (χ0) is 61.8. The van der Waals surface area contributed by atoms with Crippen molar-refractivity contribution in [2.24, 2.45) is 5.92 Å². The lowest BCUT2D eigenvalue weighted by molar-refractivity contribution is -0.261. The van der Waals surface area contributed by atoms with Gasteiger partial charge in [0, 0.05) is 11.3 Å². The van der Waals surface area contributed by atoms with Gasteiger partial charge in [0.2, 0.25) is 5.91 Å². The Morgan fingerprint density at radius 2 is 1.12 bits per heavy atom. The van der Waals surface area contributed by atoms with Gasteiger partial charge in [-0.3, -0.25) is 4.79 Å². The molecule has 0 aromatic heterocycles. The van der Waals surface area contributed by atoms with Crippen molar-refractivity contribution in [1.82, 2.24) is 0 Å². The lowest BCUT2D eigenvalue weighted by atomic mass is 9.77. The van der Waals surface area contributed by atoms with Crippen molar-refractivity contribution in [1.29, 1.82) is 0 Å². The van der Waals surface area contributed by atoms with Crippen molar-refractivity contribution in [3.63, 3.8) is 0 Å². The number of para-hydroxylation sites is 1. The summed E-state index contributed by atoms with van der Waals surface area (Å²) in [6, 6.07) is 66.5. The van der Waals surface area contributed by atoms with Crippen molar-refractivity contribution >= 4 is 36.0 Å². The molecule has 8 atom stereocenters. The van der Waals surface area contributed by atoms with Gasteiger partial charge in [-0.05, 0) is 112 Å². The van der Waals surface area contributed by atoms with Gasteiger partial charge in [0.25, 0.3) is 0 Å². The minimum atomic E-state index is -4.51. The number of benzene rings is 8. The van der Waals surface area contributed by atoms with E-state index in [9.17, 15) is 22.4 Å². The average molecular weight is 1230 g/mol. The van der Waals surface area contributed by atoms with Crippen LogP contribution in [0.5, 0.6) is 11.5 Å². The van der Waals surface area contributed by atoms with Crippen molar-refractivity contribution in [2.75, 3.05) is 17.8 Å². The molecule has 0 saturated carbocycles. The van der Waals surface area contributed by atoms with Crippen LogP contribution in [0.4, 0.5) is 10.1 Å². The number of anilines is 1. The first-order chi connectivity index (χ1) is 42.4. The van der Waals surface area contributed by atoms with Gasteiger partial charge in [0.15, 0.2) is 14.4 Å². The molecule has 13 nitrogen and oxygen atoms in total. The number of hydrogen-bond donors (Lipinski definition) is 0. The number of carbonyl (C=O) groups is 2. The summed E-state index contributed by atoms with van der Waals surface area (Å²) in [5.41, 5.74) is 7.37. The fraction of sp³-hybridized carbons (Fsp3) is 0.306. The summed E-state index contributed by atoms with van der Waals surface area (Å²) >= 11 is 0. The van der Waals surface area contributed by atoms with Gasteiger partial charge in [-0.1, -0.05) is 197 Å². The minimum absolute atomic E-state index is 0.0215. The first-order valence-corrected chi connectivity index (χ1v) is 34.3. The van der Waals surface area contributed by atoms with E-state index >= 15 is 0 Å². The number of ether oxygens (including phenoxy) is 6. The van der Waals surface area contributed by atoms with E-state index in [1.54, 1.807) is 36.4 Å². The molecule has 2 unspecified atom stereocenters. The Labute approximate surface area is 517 Å². The van der Waals surface area contributed by atoms with Crippen LogP contribution < -0.4 is 13.8 Å². The lowest BCUT2D eigenvalue weighted by Crippen LogP contribution is -2.63. The van der Waals surface area contributed by atoms with Crippen LogP contribution in [0.3, 0.4) is 0 Å². The van der Waals surface area contributed by atoms with Crippen LogP contribution in [0.1, 0.15) is 79.1 Å². The van der Waals surface area contributed by atoms with Gasteiger partial charge < -0.3 is 41.9 Å². The van der Waals surface area contributed by atoms with E-state index in [1.165, 1.54) is 19.2 Å². The maximum Gasteiger partial charge on any atom is 0.337 e. The Morgan fingerprint density at radius 1 is 0.625 bits per heavy atom. The zero-order valence-electron chi connectivity index (χ0n) is 50.5. The topological polar surface area (TPSA) is 145 Å². The maximum absolute atomic E-state index is 14.6. The summed E-state index contributed by atoms with van der Waals surface area (Å²) in [7, 11) is -5.61. The van der Waals surface area contributed by atoms with Crippen LogP contribution in [0, 0.1) is 11.7 Å². The van der Waals surface area contributed by atoms with E-state index in [0.717, 1.165) is 50.2 Å². The van der Waals surface area contributed by atoms with E-state index in [0.29, 0.717) is 18.6 Å². The molecule has 8 aromatic carbocycles. The molecule has 2 aliphatic heterocycles. The standard InChI is InChI=1S/C72H76FNO12SSi/c1-72(2,3)88(5,6)86-62(55-32-37-57(73)38-33-55)43-42-61-65(74(70(61)75)58-30-20-11-21-31-58)60-41-36-56(44-63(60)80-45-50-22-12-7-13-23-50)54-34-39-59(40-35-54)85-87(77,78)49-64-66(81-46-51-24-14-8-15-25-51)67(82-47-52-26-16-9-17-27-52)68(69(84-64)71(76)79-4)83-48-53-28-18-10-19-29-53/h7-41,44,61-62,64-69H,42-43,45-49H2,1-6H3/t61-,62+,64+,65-,66?,67+,68+,69?/m1/s1. The molecule has 2 aliphatic rings. The summed E-state index contributed by atoms with van der Waals surface area (Å²) in [6.45, 7) is 11.4. The van der Waals surface area contributed by atoms with Crippen molar-refractivity contribution < 1.29 is 59.4 Å². The summed E-state index contributed by atoms with van der Waals surface area (Å²) in [4.78, 5) is 30.2. The molecule has 10 rings (SSSR count). The molecule has 458 valence electrons. The van der Waals surface area contributed by atoms with Crippen LogP contribution >= 0.6 is 0 Å². The van der Waals surface area contributed by atoms with Gasteiger partial charge in [0.05, 0.1) is 45.0 Å². The number of β-lactam (4-membered cyclic amide) rings is 1. The van der Waals surface area contributed by atoms with Crippen LogP contribution in [0.15, 0.2) is 218 Å². The van der Waals surface area contributed by atoms with E-state index < -0.39 is 72.6 Å². The van der Waals surface area contributed by atoms with E-state index in [2.05, 4.69) is 33.9 Å². The van der Waals surface area contributed by atoms with E-state index in [-0.39, 0.29) is 55.0 Å². The molecular weight excluding hydrogens is 1150 g/mol. The molecule has 88 heavy (non-hydrogen) atoms. The second-order valence-corrected chi connectivity index (χ2v) is 30.2. The van der Waals surface area contributed by atoms with E-state index in [4.69, 9.17) is 37.0 Å². The summed E-state index contributed by atoms with van der Waals surface area (Å²) in [6.07, 6.45) is -5.32. The SMILES string of the molecule is COC(=O)C1O[C@@H](CS(=O)(=O)Oc2ccc(-c3ccc([C@@H]4[C@@H](CC[C@H](O[Si](C)(C)C(C)(C)C)c5ccc(F)cc5)C(=O)N4c4ccccc4)c(OCc4ccccc4)c3)cc2)C(OCc2ccccc2)[C@H](OCc2ccccc2)[C@@H]1OCc1ccccc1. The molecule has 16 heteroatoms. The first kappa shape index (κ1) is 63.2. The van der Waals surface area contributed by atoms with Gasteiger partial charge in [-0.25, -0.2) is 9.18 Å². The Hall–Kier alpha value is -7.80. The molecule has 0 radical (unpaired) electrons. The molecule has 0 spiro atoms. The second-order valence-electron chi connectivity index (χ2n) is 23.9. The molecule has 0 bridgehead atoms. The Morgan fingerprint density at radius 3 is 1.66 bits per heavy atom. The third-order valence-electron chi connectivity index (χ3n) is 16.7. The average Bonchev–Trinajstić information content (AvgIpc) is 1.70. The van der Waals surface area contributed by atoms with Gasteiger partial charge in [-0.2, -0.15) is 8.42 Å². The molecular formula is C72H76FNO12SSi. The number of carbonyl (C=O) groups excluding carboxylic acids is 2. The smallest absolute Gasteiger partial charge is 0.337 e. The van der Waals surface area contributed by atoms with Gasteiger partial charge in [0.1, 0.15) is 54.1 Å². The zero-order valence-corrected chi connectivity index (χ0v) is 52.3. The highest BCUT2D eigenvalue weighted by Crippen LogP contribution is 2.51. The summed E-state index contributed by atoms with van der Waals surface area (Å²) in [5, 5.41) is -0.0960. The molecule has 0 aliphatic carbocycles. The van der Waals surface area contributed by atoms with Crippen molar-refractivity contribution in [3.05, 3.63) is 258 Å². The van der Waals surface area contributed by atoms with Crippen molar-refractivity contribution in [3.8, 4) is 22.6 Å². The van der Waals surface area contributed by atoms with Crippen LogP contribution in [-0.2, 0) is 74.2 Å². The minimum Gasteiger partial charge on any atom is -0.489 e. The number of halogens is 1. The van der Waals surface area contributed by atoms with Crippen LogP contribution in [0.2, 0.25) is 18.1 Å². The Balaban J connectivity index is 0.931. The third-order valence-corrected chi connectivity index (χ3v) is 22.4. The number of esters is 1. The fourth-order valence-electron chi connectivity index (χ4n) is 11.0. The molecule has 2 fully saturated rings. The van der Waals surface area contributed by atoms with Gasteiger partial charge >= 0.3 is 16.1 Å². The summed E-state index contributed by atoms with van der Waals surface area (Å²) < 4.78 is 94.6. The Kier molecular flexibility index (Phi) is 20.5. The summed E-state index contributed by atoms with van der Waals surface area (Å²) in [5.74, 6) is -1.70. The largest absolute Gasteiger partial charge is 0.489 e. The third kappa shape index (κ3) is 15.7. The highest BCUT2D eigenvalue weighted by Gasteiger charge is 2.53. The number of amides is 1. The predicted octanol–water partition coefficient (Wildman–Crippen LogP) is 14.7. The number of hydrogen-bond acceptors (Lipinski definition) is 12.